The van der Waals surface area contributed by atoms with Crippen LogP contribution in [0.4, 0.5) is 17.6 Å². The van der Waals surface area contributed by atoms with Crippen LogP contribution in [0.3, 0.4) is 0 Å². The van der Waals surface area contributed by atoms with Crippen LogP contribution < -0.4 is 5.32 Å². The zero-order valence-electron chi connectivity index (χ0n) is 13.0. The van der Waals surface area contributed by atoms with E-state index in [0.29, 0.717) is 25.2 Å². The molecule has 134 valence electrons. The van der Waals surface area contributed by atoms with Crippen molar-refractivity contribution in [3.8, 4) is 0 Å². The standard InChI is InChI=1S/C16H18F4N2O.ClH/c17-13-2-1-11(9-12(13)16(18,19)20)14(23)22-7-4-15(5-8-22)3-6-21-10-15;/h1-2,9,21H,3-8,10H2;1H. The monoisotopic (exact) mass is 366 g/mol. The number of nitrogens with one attached hydrogen (secondary N) is 1. The number of piperidine rings is 1. The number of carbonyl (C=O) groups is 1. The van der Waals surface area contributed by atoms with Crippen LogP contribution in [0.1, 0.15) is 35.2 Å². The first-order chi connectivity index (χ1) is 10.8. The zero-order valence-corrected chi connectivity index (χ0v) is 13.8. The van der Waals surface area contributed by atoms with E-state index < -0.39 is 23.5 Å². The molecular weight excluding hydrogens is 348 g/mol. The highest BCUT2D eigenvalue weighted by atomic mass is 35.5. The molecule has 8 heteroatoms. The summed E-state index contributed by atoms with van der Waals surface area (Å²) in [7, 11) is 0. The maximum Gasteiger partial charge on any atom is 0.419 e. The van der Waals surface area contributed by atoms with Crippen molar-refractivity contribution in [3.63, 3.8) is 0 Å². The lowest BCUT2D eigenvalue weighted by Gasteiger charge is -2.39. The van der Waals surface area contributed by atoms with Crippen LogP contribution in [-0.2, 0) is 6.18 Å². The van der Waals surface area contributed by atoms with Crippen molar-refractivity contribution in [2.75, 3.05) is 26.2 Å². The molecule has 1 aromatic carbocycles. The molecule has 1 aromatic rings. The van der Waals surface area contributed by atoms with Gasteiger partial charge in [-0.3, -0.25) is 4.79 Å². The van der Waals surface area contributed by atoms with E-state index in [1.54, 1.807) is 4.90 Å². The minimum Gasteiger partial charge on any atom is -0.339 e. The molecular formula is C16H19ClF4N2O. The third-order valence-corrected chi connectivity index (χ3v) is 4.96. The van der Waals surface area contributed by atoms with Gasteiger partial charge >= 0.3 is 6.18 Å². The van der Waals surface area contributed by atoms with Gasteiger partial charge < -0.3 is 10.2 Å². The first-order valence-corrected chi connectivity index (χ1v) is 7.68. The van der Waals surface area contributed by atoms with Crippen LogP contribution in [0.15, 0.2) is 18.2 Å². The van der Waals surface area contributed by atoms with Crippen molar-refractivity contribution in [2.24, 2.45) is 5.41 Å². The summed E-state index contributed by atoms with van der Waals surface area (Å²) in [5, 5.41) is 3.32. The largest absolute Gasteiger partial charge is 0.419 e. The SMILES string of the molecule is Cl.O=C(c1ccc(F)c(C(F)(F)F)c1)N1CCC2(CCNC2)CC1. The molecule has 2 aliphatic rings. The smallest absolute Gasteiger partial charge is 0.339 e. The van der Waals surface area contributed by atoms with Gasteiger partial charge in [-0.25, -0.2) is 4.39 Å². The highest BCUT2D eigenvalue weighted by Crippen LogP contribution is 2.37. The molecule has 1 spiro atoms. The molecule has 24 heavy (non-hydrogen) atoms. The van der Waals surface area contributed by atoms with Crippen LogP contribution in [-0.4, -0.2) is 37.0 Å². The van der Waals surface area contributed by atoms with E-state index >= 15 is 0 Å². The highest BCUT2D eigenvalue weighted by molar-refractivity contribution is 5.94. The van der Waals surface area contributed by atoms with Crippen molar-refractivity contribution in [1.29, 1.82) is 0 Å². The topological polar surface area (TPSA) is 32.3 Å². The molecule has 2 aliphatic heterocycles. The number of amides is 1. The van der Waals surface area contributed by atoms with Crippen molar-refractivity contribution >= 4 is 18.3 Å². The minimum atomic E-state index is -4.80. The van der Waals surface area contributed by atoms with Crippen molar-refractivity contribution in [1.82, 2.24) is 10.2 Å². The fraction of sp³-hybridized carbons (Fsp3) is 0.562. The van der Waals surface area contributed by atoms with Gasteiger partial charge in [-0.15, -0.1) is 12.4 Å². The Morgan fingerprint density at radius 1 is 1.17 bits per heavy atom. The van der Waals surface area contributed by atoms with E-state index in [0.717, 1.165) is 38.4 Å². The number of likely N-dealkylation sites (tertiary alicyclic amines) is 1. The maximum atomic E-state index is 13.3. The van der Waals surface area contributed by atoms with Gasteiger partial charge in [0.05, 0.1) is 5.56 Å². The number of rotatable bonds is 1. The van der Waals surface area contributed by atoms with Crippen LogP contribution in [0.25, 0.3) is 0 Å². The van der Waals surface area contributed by atoms with Crippen molar-refractivity contribution in [3.05, 3.63) is 35.1 Å². The first-order valence-electron chi connectivity index (χ1n) is 7.68. The molecule has 2 heterocycles. The van der Waals surface area contributed by atoms with Gasteiger partial charge in [0.2, 0.25) is 0 Å². The molecule has 0 unspecified atom stereocenters. The lowest BCUT2D eigenvalue weighted by atomic mass is 9.78. The summed E-state index contributed by atoms with van der Waals surface area (Å²) >= 11 is 0. The number of benzene rings is 1. The lowest BCUT2D eigenvalue weighted by Crippen LogP contribution is -2.44. The van der Waals surface area contributed by atoms with E-state index in [1.807, 2.05) is 0 Å². The van der Waals surface area contributed by atoms with Gasteiger partial charge in [0.15, 0.2) is 0 Å². The Morgan fingerprint density at radius 3 is 2.38 bits per heavy atom. The Hall–Kier alpha value is -1.34. The van der Waals surface area contributed by atoms with Gasteiger partial charge in [0, 0.05) is 25.2 Å². The van der Waals surface area contributed by atoms with Crippen LogP contribution >= 0.6 is 12.4 Å². The molecule has 0 saturated carbocycles. The summed E-state index contributed by atoms with van der Waals surface area (Å²) in [5.74, 6) is -1.82. The lowest BCUT2D eigenvalue weighted by molar-refractivity contribution is -0.140. The summed E-state index contributed by atoms with van der Waals surface area (Å²) in [5.41, 5.74) is -1.28. The Bertz CT molecular complexity index is 605. The predicted molar refractivity (Wildman–Crippen MR) is 83.7 cm³/mol. The fourth-order valence-corrected chi connectivity index (χ4v) is 3.46. The summed E-state index contributed by atoms with van der Waals surface area (Å²) in [4.78, 5) is 14.0. The first kappa shape index (κ1) is 19.0. The maximum absolute atomic E-state index is 13.3. The van der Waals surface area contributed by atoms with Crippen molar-refractivity contribution < 1.29 is 22.4 Å². The molecule has 3 nitrogen and oxygen atoms in total. The van der Waals surface area contributed by atoms with Gasteiger partial charge in [0.1, 0.15) is 5.82 Å². The number of nitrogens with zero attached hydrogens (tertiary/aromatic N) is 1. The molecule has 1 N–H and O–H groups in total. The van der Waals surface area contributed by atoms with Crippen LogP contribution in [0, 0.1) is 11.2 Å². The molecule has 1 amide bonds. The second-order valence-corrected chi connectivity index (χ2v) is 6.41. The van der Waals surface area contributed by atoms with Crippen LogP contribution in [0.5, 0.6) is 0 Å². The minimum absolute atomic E-state index is 0. The van der Waals surface area contributed by atoms with Gasteiger partial charge in [-0.2, -0.15) is 13.2 Å². The summed E-state index contributed by atoms with van der Waals surface area (Å²) in [6.45, 7) is 2.96. The van der Waals surface area contributed by atoms with Gasteiger partial charge in [-0.05, 0) is 49.4 Å². The number of hydrogen-bond donors (Lipinski definition) is 1. The molecule has 0 atom stereocenters. The number of alkyl halides is 3. The van der Waals surface area contributed by atoms with Gasteiger partial charge in [-0.1, -0.05) is 0 Å². The third-order valence-electron chi connectivity index (χ3n) is 4.96. The average molecular weight is 367 g/mol. The molecule has 2 saturated heterocycles. The molecule has 0 aromatic heterocycles. The average Bonchev–Trinajstić information content (AvgIpc) is 2.95. The van der Waals surface area contributed by atoms with Gasteiger partial charge in [0.25, 0.3) is 5.91 Å². The molecule has 2 fully saturated rings. The highest BCUT2D eigenvalue weighted by Gasteiger charge is 2.39. The zero-order chi connectivity index (χ0) is 16.7. The summed E-state index contributed by atoms with van der Waals surface area (Å²) in [6.07, 6.45) is -2.04. The number of halogens is 5. The Kier molecular flexibility index (Phi) is 5.44. The Labute approximate surface area is 143 Å². The Morgan fingerprint density at radius 2 is 1.83 bits per heavy atom. The predicted octanol–water partition coefficient (Wildman–Crippen LogP) is 3.48. The van der Waals surface area contributed by atoms with E-state index in [1.165, 1.54) is 0 Å². The Balaban J connectivity index is 0.00000208. The van der Waals surface area contributed by atoms with E-state index in [2.05, 4.69) is 5.32 Å². The quantitative estimate of drug-likeness (QED) is 0.772. The molecule has 0 radical (unpaired) electrons. The van der Waals surface area contributed by atoms with E-state index in [9.17, 15) is 22.4 Å². The summed E-state index contributed by atoms with van der Waals surface area (Å²) in [6, 6.07) is 2.44. The number of carbonyl (C=O) groups excluding carboxylic acids is 1. The second-order valence-electron chi connectivity index (χ2n) is 6.41. The summed E-state index contributed by atoms with van der Waals surface area (Å²) < 4.78 is 51.6. The molecule has 3 rings (SSSR count). The van der Waals surface area contributed by atoms with Crippen LogP contribution in [0.2, 0.25) is 0 Å². The normalized spacial score (nSPS) is 20.1. The second kappa shape index (κ2) is 6.88. The number of hydrogen-bond acceptors (Lipinski definition) is 2. The van der Waals surface area contributed by atoms with E-state index in [-0.39, 0.29) is 23.4 Å². The molecule has 0 aliphatic carbocycles. The molecule has 0 bridgehead atoms. The third kappa shape index (κ3) is 3.67. The van der Waals surface area contributed by atoms with E-state index in [4.69, 9.17) is 0 Å². The van der Waals surface area contributed by atoms with Crippen molar-refractivity contribution in [2.45, 2.75) is 25.4 Å². The fourth-order valence-electron chi connectivity index (χ4n) is 3.46.